The second-order valence-corrected chi connectivity index (χ2v) is 8.18. The maximum Gasteiger partial charge on any atom is 0.0820 e. The summed E-state index contributed by atoms with van der Waals surface area (Å²) < 4.78 is 0. The minimum atomic E-state index is 0.431. The summed E-state index contributed by atoms with van der Waals surface area (Å²) in [5.41, 5.74) is 9.18. The lowest BCUT2D eigenvalue weighted by atomic mass is 9.93. The number of aliphatic imine (C=N–C) groups is 1. The molecule has 0 aliphatic carbocycles. The van der Waals surface area contributed by atoms with Crippen molar-refractivity contribution < 1.29 is 0 Å². The van der Waals surface area contributed by atoms with Gasteiger partial charge in [-0.05, 0) is 61.1 Å². The summed E-state index contributed by atoms with van der Waals surface area (Å²) >= 11 is 0. The van der Waals surface area contributed by atoms with Crippen molar-refractivity contribution in [2.24, 2.45) is 4.99 Å². The molecule has 1 heterocycles. The molecule has 0 saturated carbocycles. The third-order valence-electron chi connectivity index (χ3n) is 4.96. The van der Waals surface area contributed by atoms with Crippen LogP contribution in [0.15, 0.2) is 59.6 Å². The van der Waals surface area contributed by atoms with Gasteiger partial charge in [0, 0.05) is 5.56 Å². The van der Waals surface area contributed by atoms with Gasteiger partial charge in [-0.1, -0.05) is 69.2 Å². The molecule has 0 saturated heterocycles. The van der Waals surface area contributed by atoms with Crippen LogP contribution in [0, 0.1) is 13.8 Å². The van der Waals surface area contributed by atoms with Crippen molar-refractivity contribution in [3.8, 4) is 11.3 Å². The van der Waals surface area contributed by atoms with Crippen molar-refractivity contribution >= 4 is 11.9 Å². The second kappa shape index (κ2) is 8.52. The average Bonchev–Trinajstić information content (AvgIpc) is 2.65. The van der Waals surface area contributed by atoms with E-state index >= 15 is 0 Å². The highest BCUT2D eigenvalue weighted by Crippen LogP contribution is 2.34. The van der Waals surface area contributed by atoms with Crippen LogP contribution in [-0.4, -0.2) is 11.2 Å². The van der Waals surface area contributed by atoms with Crippen LogP contribution in [0.2, 0.25) is 0 Å². The number of nitrogens with zero attached hydrogens (tertiary/aromatic N) is 2. The molecule has 0 aliphatic rings. The summed E-state index contributed by atoms with van der Waals surface area (Å²) in [4.78, 5) is 9.74. The lowest BCUT2D eigenvalue weighted by molar-refractivity contribution is 0.835. The molecule has 144 valence electrons. The highest BCUT2D eigenvalue weighted by atomic mass is 14.8. The summed E-state index contributed by atoms with van der Waals surface area (Å²) in [6.45, 7) is 13.1. The van der Waals surface area contributed by atoms with E-state index in [1.165, 1.54) is 22.3 Å². The fraction of sp³-hybridized carbons (Fsp3) is 0.308. The van der Waals surface area contributed by atoms with Crippen LogP contribution in [-0.2, 0) is 0 Å². The number of aryl methyl sites for hydroxylation is 2. The molecular formula is C26H30N2. The van der Waals surface area contributed by atoms with Crippen molar-refractivity contribution in [2.75, 3.05) is 0 Å². The Balaban J connectivity index is 2.00. The topological polar surface area (TPSA) is 25.2 Å². The van der Waals surface area contributed by atoms with Gasteiger partial charge in [-0.3, -0.25) is 4.99 Å². The van der Waals surface area contributed by atoms with Crippen molar-refractivity contribution in [3.63, 3.8) is 0 Å². The summed E-state index contributed by atoms with van der Waals surface area (Å²) in [5.74, 6) is 0.862. The second-order valence-electron chi connectivity index (χ2n) is 8.18. The largest absolute Gasteiger partial charge is 0.254 e. The summed E-state index contributed by atoms with van der Waals surface area (Å²) in [6.07, 6.45) is 1.90. The first kappa shape index (κ1) is 20.0. The summed E-state index contributed by atoms with van der Waals surface area (Å²) in [6, 6.07) is 19.2. The average molecular weight is 371 g/mol. The molecule has 0 bridgehead atoms. The Morgan fingerprint density at radius 3 is 1.93 bits per heavy atom. The van der Waals surface area contributed by atoms with Crippen LogP contribution in [0.25, 0.3) is 11.3 Å². The van der Waals surface area contributed by atoms with Crippen molar-refractivity contribution in [1.82, 2.24) is 4.98 Å². The van der Waals surface area contributed by atoms with E-state index in [-0.39, 0.29) is 0 Å². The van der Waals surface area contributed by atoms with Crippen LogP contribution in [0.1, 0.15) is 67.5 Å². The number of aromatic nitrogens is 1. The predicted octanol–water partition coefficient (Wildman–Crippen LogP) is 7.36. The Morgan fingerprint density at radius 2 is 1.36 bits per heavy atom. The van der Waals surface area contributed by atoms with Crippen LogP contribution >= 0.6 is 0 Å². The first-order chi connectivity index (χ1) is 13.3. The molecule has 3 rings (SSSR count). The van der Waals surface area contributed by atoms with Crippen LogP contribution in [0.3, 0.4) is 0 Å². The van der Waals surface area contributed by atoms with Crippen LogP contribution in [0.4, 0.5) is 5.69 Å². The molecule has 28 heavy (non-hydrogen) atoms. The summed E-state index contributed by atoms with van der Waals surface area (Å²) in [5, 5.41) is 0. The summed E-state index contributed by atoms with van der Waals surface area (Å²) in [7, 11) is 0. The smallest absolute Gasteiger partial charge is 0.0820 e. The van der Waals surface area contributed by atoms with E-state index in [4.69, 9.17) is 9.98 Å². The van der Waals surface area contributed by atoms with Gasteiger partial charge in [0.15, 0.2) is 0 Å². The number of rotatable bonds is 5. The number of hydrogen-bond donors (Lipinski definition) is 0. The van der Waals surface area contributed by atoms with Gasteiger partial charge in [0.25, 0.3) is 0 Å². The van der Waals surface area contributed by atoms with E-state index in [1.807, 2.05) is 12.3 Å². The monoisotopic (exact) mass is 370 g/mol. The minimum Gasteiger partial charge on any atom is -0.254 e. The number of benzene rings is 2. The number of hydrogen-bond acceptors (Lipinski definition) is 2. The molecule has 0 N–H and O–H groups in total. The lowest BCUT2D eigenvalue weighted by Crippen LogP contribution is -1.96. The molecule has 2 aromatic carbocycles. The van der Waals surface area contributed by atoms with E-state index in [2.05, 4.69) is 90.1 Å². The third kappa shape index (κ3) is 4.56. The molecule has 0 radical (unpaired) electrons. The molecule has 0 spiro atoms. The van der Waals surface area contributed by atoms with E-state index in [0.29, 0.717) is 11.8 Å². The van der Waals surface area contributed by atoms with E-state index in [9.17, 15) is 0 Å². The predicted molar refractivity (Wildman–Crippen MR) is 121 cm³/mol. The fourth-order valence-electron chi connectivity index (χ4n) is 3.60. The molecule has 0 unspecified atom stereocenters. The standard InChI is InChI=1S/C26H30N2/c1-17(2)23-10-8-11-24(18(3)4)26(23)27-16-22-9-7-12-25(28-22)21-14-19(5)13-20(6)15-21/h7-18H,1-6H3. The minimum absolute atomic E-state index is 0.431. The number of para-hydroxylation sites is 1. The van der Waals surface area contributed by atoms with Gasteiger partial charge in [-0.2, -0.15) is 0 Å². The Morgan fingerprint density at radius 1 is 0.786 bits per heavy atom. The SMILES string of the molecule is Cc1cc(C)cc(-c2cccc(C=Nc3c(C(C)C)cccc3C(C)C)n2)c1. The fourth-order valence-corrected chi connectivity index (χ4v) is 3.60. The molecule has 0 amide bonds. The van der Waals surface area contributed by atoms with Crippen LogP contribution < -0.4 is 0 Å². The van der Waals surface area contributed by atoms with Gasteiger partial charge < -0.3 is 0 Å². The van der Waals surface area contributed by atoms with Gasteiger partial charge in [-0.25, -0.2) is 4.98 Å². The molecule has 2 heteroatoms. The maximum absolute atomic E-state index is 4.90. The van der Waals surface area contributed by atoms with Crippen molar-refractivity contribution in [1.29, 1.82) is 0 Å². The lowest BCUT2D eigenvalue weighted by Gasteiger charge is -2.16. The van der Waals surface area contributed by atoms with Crippen molar-refractivity contribution in [2.45, 2.75) is 53.4 Å². The number of pyridine rings is 1. The van der Waals surface area contributed by atoms with E-state index < -0.39 is 0 Å². The normalized spacial score (nSPS) is 11.7. The zero-order valence-electron chi connectivity index (χ0n) is 17.8. The van der Waals surface area contributed by atoms with Crippen molar-refractivity contribution in [3.05, 3.63) is 82.5 Å². The van der Waals surface area contributed by atoms with E-state index in [0.717, 1.165) is 22.6 Å². The Kier molecular flexibility index (Phi) is 6.08. The molecule has 0 aliphatic heterocycles. The van der Waals surface area contributed by atoms with Gasteiger partial charge >= 0.3 is 0 Å². The molecule has 0 fully saturated rings. The zero-order valence-corrected chi connectivity index (χ0v) is 17.8. The quantitative estimate of drug-likeness (QED) is 0.431. The van der Waals surface area contributed by atoms with Gasteiger partial charge in [-0.15, -0.1) is 0 Å². The maximum atomic E-state index is 4.90. The Bertz CT molecular complexity index is 951. The third-order valence-corrected chi connectivity index (χ3v) is 4.96. The first-order valence-corrected chi connectivity index (χ1v) is 10.1. The molecule has 0 atom stereocenters. The highest BCUT2D eigenvalue weighted by Gasteiger charge is 2.12. The molecule has 2 nitrogen and oxygen atoms in total. The molecule has 3 aromatic rings. The Hall–Kier alpha value is -2.74. The zero-order chi connectivity index (χ0) is 20.3. The van der Waals surface area contributed by atoms with Crippen LogP contribution in [0.5, 0.6) is 0 Å². The van der Waals surface area contributed by atoms with Gasteiger partial charge in [0.1, 0.15) is 0 Å². The molecular weight excluding hydrogens is 340 g/mol. The molecule has 1 aromatic heterocycles. The highest BCUT2D eigenvalue weighted by molar-refractivity contribution is 5.82. The van der Waals surface area contributed by atoms with Gasteiger partial charge in [0.2, 0.25) is 0 Å². The van der Waals surface area contributed by atoms with Gasteiger partial charge in [0.05, 0.1) is 23.3 Å². The van der Waals surface area contributed by atoms with E-state index in [1.54, 1.807) is 0 Å². The first-order valence-electron chi connectivity index (χ1n) is 10.1. The Labute approximate surface area is 169 Å².